The van der Waals surface area contributed by atoms with E-state index in [2.05, 4.69) is 26.0 Å². The SMILES string of the molecule is CCCCCCC/C=C\CCCCCCCCCCCCCOP(=O)(O)C(CCC)[N+](C)(C)C. The molecule has 0 aromatic carbocycles. The predicted molar refractivity (Wildman–Crippen MR) is 150 cm³/mol. The number of unbranched alkanes of at least 4 members (excludes halogenated alkanes) is 16. The van der Waals surface area contributed by atoms with Crippen LogP contribution in [0.1, 0.15) is 142 Å². The zero-order chi connectivity index (χ0) is 25.5. The second-order valence-corrected chi connectivity index (χ2v) is 13.1. The number of nitrogens with zero attached hydrogens (tertiary/aromatic N) is 1. The molecular weight excluding hydrogens is 441 g/mol. The van der Waals surface area contributed by atoms with E-state index in [0.29, 0.717) is 17.5 Å². The summed E-state index contributed by atoms with van der Waals surface area (Å²) in [6, 6.07) is 0. The minimum Gasteiger partial charge on any atom is -0.320 e. The zero-order valence-electron chi connectivity index (χ0n) is 23.7. The Bertz CT molecular complexity index is 516. The van der Waals surface area contributed by atoms with E-state index >= 15 is 0 Å². The van der Waals surface area contributed by atoms with Crippen LogP contribution in [0.5, 0.6) is 0 Å². The first-order chi connectivity index (χ1) is 16.3. The molecule has 0 rings (SSSR count). The van der Waals surface area contributed by atoms with Gasteiger partial charge in [-0.2, -0.15) is 0 Å². The van der Waals surface area contributed by atoms with Gasteiger partial charge in [0.25, 0.3) is 0 Å². The highest BCUT2D eigenvalue weighted by atomic mass is 31.2. The van der Waals surface area contributed by atoms with E-state index in [-0.39, 0.29) is 5.78 Å². The lowest BCUT2D eigenvalue weighted by Crippen LogP contribution is -2.45. The molecule has 0 saturated carbocycles. The minimum absolute atomic E-state index is 0.334. The maximum Gasteiger partial charge on any atom is 0.385 e. The van der Waals surface area contributed by atoms with E-state index in [0.717, 1.165) is 19.3 Å². The molecule has 0 aromatic heterocycles. The molecule has 0 saturated heterocycles. The molecule has 0 spiro atoms. The molecule has 34 heavy (non-hydrogen) atoms. The average Bonchev–Trinajstić information content (AvgIpc) is 2.77. The summed E-state index contributed by atoms with van der Waals surface area (Å²) in [6.45, 7) is 4.73. The van der Waals surface area contributed by atoms with E-state index in [1.165, 1.54) is 103 Å². The van der Waals surface area contributed by atoms with Gasteiger partial charge in [-0.25, -0.2) is 0 Å². The monoisotopic (exact) mass is 502 g/mol. The molecule has 0 bridgehead atoms. The first kappa shape index (κ1) is 33.8. The summed E-state index contributed by atoms with van der Waals surface area (Å²) in [4.78, 5) is 10.4. The molecule has 0 aromatic rings. The van der Waals surface area contributed by atoms with Gasteiger partial charge in [0.05, 0.1) is 27.7 Å². The summed E-state index contributed by atoms with van der Waals surface area (Å²) in [7, 11) is 2.36. The van der Waals surface area contributed by atoms with E-state index in [1.54, 1.807) is 0 Å². The average molecular weight is 503 g/mol. The summed E-state index contributed by atoms with van der Waals surface area (Å²) >= 11 is 0. The highest BCUT2D eigenvalue weighted by Crippen LogP contribution is 2.51. The van der Waals surface area contributed by atoms with Crippen molar-refractivity contribution in [2.45, 2.75) is 148 Å². The normalized spacial score (nSPS) is 15.1. The number of allylic oxidation sites excluding steroid dienone is 2. The van der Waals surface area contributed by atoms with E-state index < -0.39 is 7.60 Å². The van der Waals surface area contributed by atoms with Crippen molar-refractivity contribution in [1.29, 1.82) is 0 Å². The molecule has 0 amide bonds. The Balaban J connectivity index is 3.48. The Morgan fingerprint density at radius 1 is 0.676 bits per heavy atom. The van der Waals surface area contributed by atoms with E-state index in [1.807, 2.05) is 21.1 Å². The smallest absolute Gasteiger partial charge is 0.320 e. The van der Waals surface area contributed by atoms with Crippen LogP contribution in [0.3, 0.4) is 0 Å². The second kappa shape index (κ2) is 22.1. The highest BCUT2D eigenvalue weighted by molar-refractivity contribution is 7.53. The molecule has 0 aliphatic heterocycles. The van der Waals surface area contributed by atoms with Gasteiger partial charge in [0.2, 0.25) is 0 Å². The molecule has 4 nitrogen and oxygen atoms in total. The lowest BCUT2D eigenvalue weighted by Gasteiger charge is -2.35. The van der Waals surface area contributed by atoms with E-state index in [4.69, 9.17) is 4.52 Å². The topological polar surface area (TPSA) is 46.5 Å². The van der Waals surface area contributed by atoms with Crippen LogP contribution in [0.15, 0.2) is 12.2 Å². The Hall–Kier alpha value is -0.150. The van der Waals surface area contributed by atoms with Gasteiger partial charge in [-0.3, -0.25) is 4.57 Å². The third kappa shape index (κ3) is 20.1. The van der Waals surface area contributed by atoms with Crippen LogP contribution < -0.4 is 0 Å². The fourth-order valence-electron chi connectivity index (χ4n) is 4.58. The van der Waals surface area contributed by atoms with Crippen molar-refractivity contribution < 1.29 is 18.5 Å². The van der Waals surface area contributed by atoms with Crippen molar-refractivity contribution in [1.82, 2.24) is 0 Å². The van der Waals surface area contributed by atoms with E-state index in [9.17, 15) is 9.46 Å². The maximum absolute atomic E-state index is 12.7. The molecule has 204 valence electrons. The fraction of sp³-hybridized carbons (Fsp3) is 0.931. The first-order valence-corrected chi connectivity index (χ1v) is 16.3. The number of hydrogen-bond acceptors (Lipinski definition) is 2. The van der Waals surface area contributed by atoms with Crippen molar-refractivity contribution in [3.8, 4) is 0 Å². The van der Waals surface area contributed by atoms with Crippen LogP contribution in [-0.4, -0.2) is 42.9 Å². The van der Waals surface area contributed by atoms with Crippen molar-refractivity contribution in [2.24, 2.45) is 0 Å². The van der Waals surface area contributed by atoms with Crippen LogP contribution >= 0.6 is 7.60 Å². The largest absolute Gasteiger partial charge is 0.385 e. The van der Waals surface area contributed by atoms with Gasteiger partial charge in [-0.15, -0.1) is 0 Å². The second-order valence-electron chi connectivity index (χ2n) is 11.1. The molecule has 0 aliphatic carbocycles. The van der Waals surface area contributed by atoms with Gasteiger partial charge in [-0.05, 0) is 38.5 Å². The summed E-state index contributed by atoms with van der Waals surface area (Å²) in [5, 5.41) is 0. The van der Waals surface area contributed by atoms with Crippen molar-refractivity contribution >= 4 is 7.60 Å². The lowest BCUT2D eigenvalue weighted by molar-refractivity contribution is -0.883. The first-order valence-electron chi connectivity index (χ1n) is 14.7. The summed E-state index contributed by atoms with van der Waals surface area (Å²) in [6.07, 6.45) is 29.8. The molecule has 0 fully saturated rings. The molecule has 2 unspecified atom stereocenters. The fourth-order valence-corrected chi connectivity index (χ4v) is 6.61. The third-order valence-electron chi connectivity index (χ3n) is 6.75. The maximum atomic E-state index is 12.7. The Kier molecular flexibility index (Phi) is 22.0. The Morgan fingerprint density at radius 3 is 1.50 bits per heavy atom. The summed E-state index contributed by atoms with van der Waals surface area (Å²) < 4.78 is 18.6. The Morgan fingerprint density at radius 2 is 1.09 bits per heavy atom. The van der Waals surface area contributed by atoms with Gasteiger partial charge in [0.15, 0.2) is 5.78 Å². The quantitative estimate of drug-likeness (QED) is 0.0585. The number of rotatable bonds is 25. The molecule has 0 radical (unpaired) electrons. The van der Waals surface area contributed by atoms with Crippen molar-refractivity contribution in [3.63, 3.8) is 0 Å². The molecule has 2 atom stereocenters. The van der Waals surface area contributed by atoms with Gasteiger partial charge in [0, 0.05) is 6.42 Å². The number of hydrogen-bond donors (Lipinski definition) is 1. The minimum atomic E-state index is -3.57. The third-order valence-corrected chi connectivity index (χ3v) is 9.01. The van der Waals surface area contributed by atoms with Crippen LogP contribution in [0, 0.1) is 0 Å². The van der Waals surface area contributed by atoms with Crippen LogP contribution in [0.2, 0.25) is 0 Å². The lowest BCUT2D eigenvalue weighted by atomic mass is 10.0. The molecule has 0 heterocycles. The summed E-state index contributed by atoms with van der Waals surface area (Å²) in [5.74, 6) is -0.334. The summed E-state index contributed by atoms with van der Waals surface area (Å²) in [5.41, 5.74) is 0. The Labute approximate surface area is 214 Å². The van der Waals surface area contributed by atoms with Crippen LogP contribution in [0.4, 0.5) is 0 Å². The van der Waals surface area contributed by atoms with Crippen LogP contribution in [0.25, 0.3) is 0 Å². The standard InChI is InChI=1S/C29H60NO3P/c1-6-8-9-10-11-12-13-14-15-16-17-18-19-20-21-22-23-24-25-26-28-33-34(31,32)29(27-7-2)30(3,4)5/h13-14,29H,6-12,15-28H2,1-5H3/p+1/b14-13-. The molecular formula is C29H61NO3P+. The molecule has 5 heteroatoms. The zero-order valence-corrected chi connectivity index (χ0v) is 24.6. The van der Waals surface area contributed by atoms with Gasteiger partial charge in [0.1, 0.15) is 0 Å². The highest BCUT2D eigenvalue weighted by Gasteiger charge is 2.41. The van der Waals surface area contributed by atoms with Crippen molar-refractivity contribution in [3.05, 3.63) is 12.2 Å². The van der Waals surface area contributed by atoms with Crippen molar-refractivity contribution in [2.75, 3.05) is 27.7 Å². The van der Waals surface area contributed by atoms with Crippen LogP contribution in [-0.2, 0) is 9.09 Å². The predicted octanol–water partition coefficient (Wildman–Crippen LogP) is 9.62. The van der Waals surface area contributed by atoms with Gasteiger partial charge in [-0.1, -0.05) is 109 Å². The van der Waals surface area contributed by atoms with Gasteiger partial charge < -0.3 is 13.9 Å². The van der Waals surface area contributed by atoms with Gasteiger partial charge >= 0.3 is 7.60 Å². The molecule has 0 aliphatic rings. The number of quaternary nitrogens is 1. The molecule has 1 N–H and O–H groups in total.